The standard InChI is InChI=1S/C17H20N4O3S/c18-25(23,24)15-5-1-12(2-6-15)7-9-20-17(22)13-8-10-19-16(11-13)21-14-3-4-14/h1-2,5-6,8,10-11,14H,3-4,7,9H2,(H,19,21)(H,20,22)(H2,18,23,24). The number of nitrogens with two attached hydrogens (primary N) is 1. The van der Waals surface area contributed by atoms with E-state index >= 15 is 0 Å². The van der Waals surface area contributed by atoms with Gasteiger partial charge in [-0.15, -0.1) is 0 Å². The molecule has 0 unspecified atom stereocenters. The minimum Gasteiger partial charge on any atom is -0.367 e. The summed E-state index contributed by atoms with van der Waals surface area (Å²) in [6.45, 7) is 0.446. The Labute approximate surface area is 146 Å². The Morgan fingerprint density at radius 1 is 1.20 bits per heavy atom. The van der Waals surface area contributed by atoms with Crippen LogP contribution in [0, 0.1) is 0 Å². The van der Waals surface area contributed by atoms with Gasteiger partial charge in [0.2, 0.25) is 10.0 Å². The van der Waals surface area contributed by atoms with Crippen LogP contribution in [0.3, 0.4) is 0 Å². The number of carbonyl (C=O) groups excluding carboxylic acids is 1. The first-order valence-electron chi connectivity index (χ1n) is 8.04. The van der Waals surface area contributed by atoms with Crippen molar-refractivity contribution in [3.63, 3.8) is 0 Å². The fraction of sp³-hybridized carbons (Fsp3) is 0.294. The molecule has 1 aromatic heterocycles. The number of hydrogen-bond acceptors (Lipinski definition) is 5. The molecule has 0 aliphatic heterocycles. The fourth-order valence-electron chi connectivity index (χ4n) is 2.36. The molecular weight excluding hydrogens is 340 g/mol. The number of nitrogens with one attached hydrogen (secondary N) is 2. The van der Waals surface area contributed by atoms with Crippen LogP contribution in [0.1, 0.15) is 28.8 Å². The van der Waals surface area contributed by atoms with Crippen molar-refractivity contribution in [1.82, 2.24) is 10.3 Å². The first-order chi connectivity index (χ1) is 11.9. The Balaban J connectivity index is 1.52. The maximum atomic E-state index is 12.2. The van der Waals surface area contributed by atoms with Crippen molar-refractivity contribution >= 4 is 21.7 Å². The molecule has 0 saturated heterocycles. The summed E-state index contributed by atoms with van der Waals surface area (Å²) in [6, 6.07) is 10.2. The van der Waals surface area contributed by atoms with Crippen LogP contribution in [0.5, 0.6) is 0 Å². The van der Waals surface area contributed by atoms with E-state index in [4.69, 9.17) is 5.14 Å². The number of aromatic nitrogens is 1. The third-order valence-electron chi connectivity index (χ3n) is 3.90. The maximum Gasteiger partial charge on any atom is 0.251 e. The summed E-state index contributed by atoms with van der Waals surface area (Å²) in [6.07, 6.45) is 4.49. The first-order valence-corrected chi connectivity index (χ1v) is 9.59. The van der Waals surface area contributed by atoms with Crippen LogP contribution in [0.4, 0.5) is 5.82 Å². The highest BCUT2D eigenvalue weighted by Gasteiger charge is 2.21. The molecule has 1 aliphatic carbocycles. The van der Waals surface area contributed by atoms with Gasteiger partial charge in [-0.1, -0.05) is 12.1 Å². The Hall–Kier alpha value is -2.45. The zero-order chi connectivity index (χ0) is 17.9. The third kappa shape index (κ3) is 5.01. The van der Waals surface area contributed by atoms with E-state index in [1.807, 2.05) is 0 Å². The van der Waals surface area contributed by atoms with Gasteiger partial charge in [0.1, 0.15) is 5.82 Å². The lowest BCUT2D eigenvalue weighted by Crippen LogP contribution is -2.25. The van der Waals surface area contributed by atoms with Crippen molar-refractivity contribution in [2.75, 3.05) is 11.9 Å². The number of anilines is 1. The monoisotopic (exact) mass is 360 g/mol. The molecule has 132 valence electrons. The molecule has 0 radical (unpaired) electrons. The molecule has 0 bridgehead atoms. The summed E-state index contributed by atoms with van der Waals surface area (Å²) in [5.41, 5.74) is 1.47. The van der Waals surface area contributed by atoms with Gasteiger partial charge in [-0.25, -0.2) is 18.5 Å². The summed E-state index contributed by atoms with van der Waals surface area (Å²) in [4.78, 5) is 16.5. The van der Waals surface area contributed by atoms with E-state index in [0.717, 1.165) is 18.4 Å². The van der Waals surface area contributed by atoms with Gasteiger partial charge in [0, 0.05) is 24.3 Å². The predicted octanol–water partition coefficient (Wildman–Crippen LogP) is 1.28. The van der Waals surface area contributed by atoms with Crippen LogP contribution in [0.15, 0.2) is 47.5 Å². The predicted molar refractivity (Wildman–Crippen MR) is 94.7 cm³/mol. The van der Waals surface area contributed by atoms with Gasteiger partial charge in [-0.3, -0.25) is 4.79 Å². The Morgan fingerprint density at radius 3 is 2.56 bits per heavy atom. The van der Waals surface area contributed by atoms with E-state index in [1.165, 1.54) is 12.1 Å². The summed E-state index contributed by atoms with van der Waals surface area (Å²) in [5.74, 6) is 0.552. The van der Waals surface area contributed by atoms with Crippen molar-refractivity contribution in [3.05, 3.63) is 53.7 Å². The number of nitrogens with zero attached hydrogens (tertiary/aromatic N) is 1. The number of hydrogen-bond donors (Lipinski definition) is 3. The molecule has 3 rings (SSSR count). The molecule has 1 amide bonds. The minimum absolute atomic E-state index is 0.0766. The molecule has 8 heteroatoms. The molecular formula is C17H20N4O3S. The highest BCUT2D eigenvalue weighted by atomic mass is 32.2. The van der Waals surface area contributed by atoms with Crippen molar-refractivity contribution in [2.45, 2.75) is 30.2 Å². The second-order valence-electron chi connectivity index (χ2n) is 6.04. The second-order valence-corrected chi connectivity index (χ2v) is 7.60. The van der Waals surface area contributed by atoms with E-state index in [1.54, 1.807) is 30.5 Å². The molecule has 1 aromatic carbocycles. The fourth-order valence-corrected chi connectivity index (χ4v) is 2.87. The van der Waals surface area contributed by atoms with E-state index in [0.29, 0.717) is 30.4 Å². The maximum absolute atomic E-state index is 12.2. The van der Waals surface area contributed by atoms with Crippen molar-refractivity contribution in [3.8, 4) is 0 Å². The largest absolute Gasteiger partial charge is 0.367 e. The van der Waals surface area contributed by atoms with Crippen molar-refractivity contribution in [1.29, 1.82) is 0 Å². The van der Waals surface area contributed by atoms with E-state index in [2.05, 4.69) is 15.6 Å². The molecule has 1 fully saturated rings. The van der Waals surface area contributed by atoms with E-state index in [-0.39, 0.29) is 10.8 Å². The molecule has 2 aromatic rings. The molecule has 1 saturated carbocycles. The van der Waals surface area contributed by atoms with Crippen LogP contribution < -0.4 is 15.8 Å². The van der Waals surface area contributed by atoms with Gasteiger partial charge in [0.05, 0.1) is 4.90 Å². The Morgan fingerprint density at radius 2 is 1.92 bits per heavy atom. The van der Waals surface area contributed by atoms with Gasteiger partial charge >= 0.3 is 0 Å². The SMILES string of the molecule is NS(=O)(=O)c1ccc(CCNC(=O)c2ccnc(NC3CC3)c2)cc1. The van der Waals surface area contributed by atoms with Crippen molar-refractivity contribution < 1.29 is 13.2 Å². The van der Waals surface area contributed by atoms with Crippen LogP contribution >= 0.6 is 0 Å². The molecule has 7 nitrogen and oxygen atoms in total. The Bertz CT molecular complexity index is 862. The number of rotatable bonds is 7. The quantitative estimate of drug-likeness (QED) is 0.688. The molecule has 0 atom stereocenters. The van der Waals surface area contributed by atoms with Gasteiger partial charge in [-0.05, 0) is 49.1 Å². The summed E-state index contributed by atoms with van der Waals surface area (Å²) >= 11 is 0. The second kappa shape index (κ2) is 7.20. The van der Waals surface area contributed by atoms with Crippen molar-refractivity contribution in [2.24, 2.45) is 5.14 Å². The first kappa shape index (κ1) is 17.4. The topological polar surface area (TPSA) is 114 Å². The Kier molecular flexibility index (Phi) is 5.00. The van der Waals surface area contributed by atoms with Gasteiger partial charge in [0.25, 0.3) is 5.91 Å². The number of sulfonamides is 1. The van der Waals surface area contributed by atoms with Gasteiger partial charge < -0.3 is 10.6 Å². The molecule has 0 spiro atoms. The van der Waals surface area contributed by atoms with E-state index in [9.17, 15) is 13.2 Å². The smallest absolute Gasteiger partial charge is 0.251 e. The summed E-state index contributed by atoms with van der Waals surface area (Å²) in [5, 5.41) is 11.2. The highest BCUT2D eigenvalue weighted by Crippen LogP contribution is 2.23. The average Bonchev–Trinajstić information content (AvgIpc) is 3.38. The lowest BCUT2D eigenvalue weighted by molar-refractivity contribution is 0.0954. The molecule has 4 N–H and O–H groups in total. The summed E-state index contributed by atoms with van der Waals surface area (Å²) < 4.78 is 22.4. The summed E-state index contributed by atoms with van der Waals surface area (Å²) in [7, 11) is -3.68. The van der Waals surface area contributed by atoms with E-state index < -0.39 is 10.0 Å². The number of primary sulfonamides is 1. The third-order valence-corrected chi connectivity index (χ3v) is 4.83. The van der Waals surface area contributed by atoms with Crippen LogP contribution in [0.25, 0.3) is 0 Å². The minimum atomic E-state index is -3.68. The molecule has 1 heterocycles. The highest BCUT2D eigenvalue weighted by molar-refractivity contribution is 7.89. The lowest BCUT2D eigenvalue weighted by atomic mass is 10.1. The molecule has 1 aliphatic rings. The van der Waals surface area contributed by atoms with Gasteiger partial charge in [0.15, 0.2) is 0 Å². The van der Waals surface area contributed by atoms with Gasteiger partial charge in [-0.2, -0.15) is 0 Å². The number of carbonyl (C=O) groups is 1. The molecule has 25 heavy (non-hydrogen) atoms. The van der Waals surface area contributed by atoms with Crippen LogP contribution in [-0.2, 0) is 16.4 Å². The van der Waals surface area contributed by atoms with Crippen LogP contribution in [0.2, 0.25) is 0 Å². The number of pyridine rings is 1. The zero-order valence-corrected chi connectivity index (χ0v) is 14.4. The number of benzene rings is 1. The normalized spacial score (nSPS) is 14.1. The van der Waals surface area contributed by atoms with Crippen LogP contribution in [-0.4, -0.2) is 31.9 Å². The number of amides is 1. The average molecular weight is 360 g/mol. The lowest BCUT2D eigenvalue weighted by Gasteiger charge is -2.08. The zero-order valence-electron chi connectivity index (χ0n) is 13.6.